The summed E-state index contributed by atoms with van der Waals surface area (Å²) in [6.45, 7) is 0. The molecule has 30 heavy (non-hydrogen) atoms. The van der Waals surface area contributed by atoms with Crippen LogP contribution in [0, 0.1) is 0 Å². The molecule has 2 aromatic heterocycles. The van der Waals surface area contributed by atoms with E-state index < -0.39 is 0 Å². The van der Waals surface area contributed by atoms with Crippen LogP contribution >= 0.6 is 0 Å². The number of anilines is 1. The van der Waals surface area contributed by atoms with Crippen LogP contribution in [0.3, 0.4) is 0 Å². The molecule has 0 radical (unpaired) electrons. The Morgan fingerprint density at radius 1 is 0.767 bits per heavy atom. The Hall–Kier alpha value is -4.19. The number of nitrogen functional groups attached to an aromatic ring is 1. The van der Waals surface area contributed by atoms with Gasteiger partial charge in [-0.05, 0) is 36.4 Å². The molecule has 2 N–H and O–H groups in total. The maximum absolute atomic E-state index is 6.37. The molecule has 0 saturated carbocycles. The van der Waals surface area contributed by atoms with Gasteiger partial charge in [-0.1, -0.05) is 42.5 Å². The van der Waals surface area contributed by atoms with Gasteiger partial charge in [0, 0.05) is 17.2 Å². The highest BCUT2D eigenvalue weighted by molar-refractivity contribution is 5.81. The van der Waals surface area contributed by atoms with Crippen molar-refractivity contribution < 1.29 is 4.74 Å². The summed E-state index contributed by atoms with van der Waals surface area (Å²) in [4.78, 5) is 9.73. The van der Waals surface area contributed by atoms with Crippen LogP contribution in [-0.2, 0) is 0 Å². The minimum Gasteiger partial charge on any atom is -0.497 e. The summed E-state index contributed by atoms with van der Waals surface area (Å²) in [5.41, 5.74) is 11.3. The van der Waals surface area contributed by atoms with E-state index >= 15 is 0 Å². The van der Waals surface area contributed by atoms with E-state index in [1.165, 1.54) is 0 Å². The van der Waals surface area contributed by atoms with Gasteiger partial charge in [-0.2, -0.15) is 9.78 Å². The molecule has 0 aliphatic rings. The third-order valence-corrected chi connectivity index (χ3v) is 4.92. The summed E-state index contributed by atoms with van der Waals surface area (Å²) in [6.07, 6.45) is 0. The lowest BCUT2D eigenvalue weighted by Crippen LogP contribution is -2.08. The normalized spacial score (nSPS) is 11.0. The minimum absolute atomic E-state index is 0.489. The second-order valence-corrected chi connectivity index (χ2v) is 6.85. The van der Waals surface area contributed by atoms with Crippen LogP contribution in [0.4, 0.5) is 5.82 Å². The van der Waals surface area contributed by atoms with E-state index in [4.69, 9.17) is 25.5 Å². The van der Waals surface area contributed by atoms with Crippen LogP contribution in [-0.4, -0.2) is 26.9 Å². The lowest BCUT2D eigenvalue weighted by atomic mass is 10.1. The zero-order valence-corrected chi connectivity index (χ0v) is 16.4. The smallest absolute Gasteiger partial charge is 0.182 e. The molecule has 0 amide bonds. The molecule has 0 bridgehead atoms. The van der Waals surface area contributed by atoms with Crippen molar-refractivity contribution in [3.8, 4) is 34.1 Å². The van der Waals surface area contributed by atoms with Crippen molar-refractivity contribution >= 4 is 16.9 Å². The van der Waals surface area contributed by atoms with Gasteiger partial charge in [-0.25, -0.2) is 9.97 Å². The van der Waals surface area contributed by atoms with Gasteiger partial charge in [0.2, 0.25) is 0 Å². The zero-order chi connectivity index (χ0) is 20.5. The van der Waals surface area contributed by atoms with Gasteiger partial charge >= 0.3 is 0 Å². The maximum atomic E-state index is 6.37. The van der Waals surface area contributed by atoms with Crippen molar-refractivity contribution in [3.05, 3.63) is 84.9 Å². The second kappa shape index (κ2) is 7.33. The Balaban J connectivity index is 1.69. The van der Waals surface area contributed by atoms with E-state index in [0.29, 0.717) is 11.6 Å². The van der Waals surface area contributed by atoms with Crippen molar-refractivity contribution in [3.63, 3.8) is 0 Å². The van der Waals surface area contributed by atoms with Crippen LogP contribution < -0.4 is 10.5 Å². The SMILES string of the molecule is COc1ccc(-c2cc(N)n(-c3nc4ccccc4nc3-c3ccccc3)n2)cc1. The van der Waals surface area contributed by atoms with Crippen LogP contribution in [0.2, 0.25) is 0 Å². The first kappa shape index (κ1) is 17.9. The molecule has 0 spiro atoms. The Bertz CT molecular complexity index is 1330. The lowest BCUT2D eigenvalue weighted by Gasteiger charge is -2.11. The largest absolute Gasteiger partial charge is 0.497 e. The van der Waals surface area contributed by atoms with Crippen LogP contribution in [0.5, 0.6) is 5.75 Å². The number of benzene rings is 3. The number of hydrogen-bond donors (Lipinski definition) is 1. The highest BCUT2D eigenvalue weighted by Crippen LogP contribution is 2.30. The molecule has 6 nitrogen and oxygen atoms in total. The molecule has 6 heteroatoms. The molecule has 5 aromatic rings. The topological polar surface area (TPSA) is 78.9 Å². The lowest BCUT2D eigenvalue weighted by molar-refractivity contribution is 0.415. The highest BCUT2D eigenvalue weighted by Gasteiger charge is 2.17. The minimum atomic E-state index is 0.489. The predicted octanol–water partition coefficient (Wildman–Crippen LogP) is 4.74. The number of nitrogens with zero attached hydrogens (tertiary/aromatic N) is 4. The van der Waals surface area contributed by atoms with Gasteiger partial charge in [0.25, 0.3) is 0 Å². The Kier molecular flexibility index (Phi) is 4.37. The number of ether oxygens (including phenoxy) is 1. The molecule has 146 valence electrons. The number of rotatable bonds is 4. The molecular weight excluding hydrogens is 374 g/mol. The first-order valence-electron chi connectivity index (χ1n) is 9.55. The number of nitrogens with two attached hydrogens (primary N) is 1. The van der Waals surface area contributed by atoms with E-state index in [2.05, 4.69) is 0 Å². The van der Waals surface area contributed by atoms with Crippen LogP contribution in [0.25, 0.3) is 39.4 Å². The van der Waals surface area contributed by atoms with Gasteiger partial charge in [0.1, 0.15) is 17.3 Å². The molecule has 0 unspecified atom stereocenters. The summed E-state index contributed by atoms with van der Waals surface area (Å²) in [7, 11) is 1.64. The summed E-state index contributed by atoms with van der Waals surface area (Å²) >= 11 is 0. The van der Waals surface area contributed by atoms with Gasteiger partial charge in [0.05, 0.1) is 23.8 Å². The van der Waals surface area contributed by atoms with E-state index in [-0.39, 0.29) is 0 Å². The summed E-state index contributed by atoms with van der Waals surface area (Å²) in [5.74, 6) is 1.87. The molecule has 5 rings (SSSR count). The predicted molar refractivity (Wildman–Crippen MR) is 118 cm³/mol. The number of methoxy groups -OCH3 is 1. The molecule has 0 fully saturated rings. The standard InChI is InChI=1S/C24H19N5O/c1-30-18-13-11-16(12-14-18)21-15-22(25)29(28-21)24-23(17-7-3-2-4-8-17)26-19-9-5-6-10-20(19)27-24/h2-15H,25H2,1H3. The fraction of sp³-hybridized carbons (Fsp3) is 0.0417. The molecule has 2 heterocycles. The van der Waals surface area contributed by atoms with E-state index in [1.54, 1.807) is 11.8 Å². The molecule has 0 aliphatic carbocycles. The maximum Gasteiger partial charge on any atom is 0.182 e. The Morgan fingerprint density at radius 3 is 2.13 bits per heavy atom. The Labute approximate surface area is 173 Å². The van der Waals surface area contributed by atoms with Gasteiger partial charge in [-0.15, -0.1) is 0 Å². The van der Waals surface area contributed by atoms with E-state index in [1.807, 2.05) is 84.9 Å². The first-order chi connectivity index (χ1) is 14.7. The van der Waals surface area contributed by atoms with Crippen molar-refractivity contribution in [1.82, 2.24) is 19.7 Å². The highest BCUT2D eigenvalue weighted by atomic mass is 16.5. The van der Waals surface area contributed by atoms with Crippen molar-refractivity contribution in [1.29, 1.82) is 0 Å². The average molecular weight is 393 g/mol. The van der Waals surface area contributed by atoms with Crippen molar-refractivity contribution in [2.24, 2.45) is 0 Å². The summed E-state index contributed by atoms with van der Waals surface area (Å²) < 4.78 is 6.89. The number of hydrogen-bond acceptors (Lipinski definition) is 5. The number of para-hydroxylation sites is 2. The van der Waals surface area contributed by atoms with Gasteiger partial charge < -0.3 is 10.5 Å². The monoisotopic (exact) mass is 393 g/mol. The van der Waals surface area contributed by atoms with E-state index in [9.17, 15) is 0 Å². The van der Waals surface area contributed by atoms with E-state index in [0.717, 1.165) is 39.3 Å². The fourth-order valence-corrected chi connectivity index (χ4v) is 3.40. The molecular formula is C24H19N5O. The van der Waals surface area contributed by atoms with Crippen molar-refractivity contribution in [2.45, 2.75) is 0 Å². The fourth-order valence-electron chi connectivity index (χ4n) is 3.40. The third kappa shape index (κ3) is 3.14. The number of aromatic nitrogens is 4. The Morgan fingerprint density at radius 2 is 1.43 bits per heavy atom. The zero-order valence-electron chi connectivity index (χ0n) is 16.4. The second-order valence-electron chi connectivity index (χ2n) is 6.85. The average Bonchev–Trinajstić information content (AvgIpc) is 3.20. The molecule has 0 saturated heterocycles. The first-order valence-corrected chi connectivity index (χ1v) is 9.55. The molecule has 0 atom stereocenters. The summed E-state index contributed by atoms with van der Waals surface area (Å²) in [6, 6.07) is 27.3. The number of fused-ring (bicyclic) bond motifs is 1. The van der Waals surface area contributed by atoms with Crippen LogP contribution in [0.15, 0.2) is 84.9 Å². The molecule has 0 aliphatic heterocycles. The van der Waals surface area contributed by atoms with Crippen molar-refractivity contribution in [2.75, 3.05) is 12.8 Å². The van der Waals surface area contributed by atoms with Crippen LogP contribution in [0.1, 0.15) is 0 Å². The summed E-state index contributed by atoms with van der Waals surface area (Å²) in [5, 5.41) is 4.75. The van der Waals surface area contributed by atoms with Gasteiger partial charge in [0.15, 0.2) is 5.82 Å². The molecule has 3 aromatic carbocycles. The third-order valence-electron chi connectivity index (χ3n) is 4.92. The quantitative estimate of drug-likeness (QED) is 0.477. The van der Waals surface area contributed by atoms with Gasteiger partial charge in [-0.3, -0.25) is 0 Å².